The van der Waals surface area contributed by atoms with E-state index in [0.717, 1.165) is 42.6 Å². The normalized spacial score (nSPS) is 10.3. The van der Waals surface area contributed by atoms with E-state index in [1.165, 1.54) is 0 Å². The Hall–Kier alpha value is -1.14. The maximum Gasteiger partial charge on any atom is 0.257 e. The number of nitrogens with one attached hydrogen (secondary N) is 1. The van der Waals surface area contributed by atoms with Crippen LogP contribution in [0.1, 0.15) is 50.4 Å². The van der Waals surface area contributed by atoms with E-state index < -0.39 is 0 Å². The van der Waals surface area contributed by atoms with Crippen LogP contribution in [0.3, 0.4) is 0 Å². The quantitative estimate of drug-likeness (QED) is 0.657. The van der Waals surface area contributed by atoms with Gasteiger partial charge >= 0.3 is 0 Å². The highest BCUT2D eigenvalue weighted by Gasteiger charge is 2.14. The third-order valence-corrected chi connectivity index (χ3v) is 4.13. The maximum absolute atomic E-state index is 12.4. The largest absolute Gasteiger partial charge is 0.492 e. The summed E-state index contributed by atoms with van der Waals surface area (Å²) in [6, 6.07) is 5.30. The van der Waals surface area contributed by atoms with E-state index >= 15 is 0 Å². The molecule has 0 saturated carbocycles. The molecule has 0 heterocycles. The van der Waals surface area contributed by atoms with Crippen molar-refractivity contribution in [1.29, 1.82) is 0 Å². The van der Waals surface area contributed by atoms with E-state index in [1.807, 2.05) is 4.90 Å². The Morgan fingerprint density at radius 2 is 1.87 bits per heavy atom. The molecule has 0 atom stereocenters. The van der Waals surface area contributed by atoms with Crippen LogP contribution in [0.4, 0.5) is 0 Å². The predicted molar refractivity (Wildman–Crippen MR) is 102 cm³/mol. The molecule has 0 aromatic heterocycles. The summed E-state index contributed by atoms with van der Waals surface area (Å²) in [5.41, 5.74) is 0.552. The summed E-state index contributed by atoms with van der Waals surface area (Å²) in [6.45, 7) is 8.59. The van der Waals surface area contributed by atoms with E-state index in [4.69, 9.17) is 17.0 Å². The van der Waals surface area contributed by atoms with Gasteiger partial charge in [0.2, 0.25) is 0 Å². The van der Waals surface area contributed by atoms with Crippen LogP contribution in [-0.4, -0.2) is 35.6 Å². The van der Waals surface area contributed by atoms with Gasteiger partial charge in [-0.05, 0) is 65.6 Å². The van der Waals surface area contributed by atoms with E-state index in [1.54, 1.807) is 18.2 Å². The van der Waals surface area contributed by atoms with Crippen molar-refractivity contribution >= 4 is 39.2 Å². The fraction of sp³-hybridized carbons (Fsp3) is 0.529. The number of nitrogens with zero attached hydrogens (tertiary/aromatic N) is 1. The molecule has 0 radical (unpaired) electrons. The SMILES string of the molecule is CCCOc1ccc(C(=O)NC(=S)N(CCC)CCC)cc1Br. The zero-order valence-corrected chi connectivity index (χ0v) is 16.4. The van der Waals surface area contributed by atoms with Crippen molar-refractivity contribution in [2.24, 2.45) is 0 Å². The standard InChI is InChI=1S/C17H25BrN2O2S/c1-4-9-20(10-5-2)17(23)19-16(21)13-7-8-15(14(18)12-13)22-11-6-3/h7-8,12H,4-6,9-11H2,1-3H3,(H,19,21,23). The Morgan fingerprint density at radius 1 is 1.22 bits per heavy atom. The molecule has 0 unspecified atom stereocenters. The molecular weight excluding hydrogens is 376 g/mol. The molecule has 1 aromatic carbocycles. The fourth-order valence-electron chi connectivity index (χ4n) is 2.07. The summed E-state index contributed by atoms with van der Waals surface area (Å²) in [5.74, 6) is 0.541. The van der Waals surface area contributed by atoms with Gasteiger partial charge in [0.05, 0.1) is 11.1 Å². The number of carbonyl (C=O) groups is 1. The third-order valence-electron chi connectivity index (χ3n) is 3.15. The molecule has 6 heteroatoms. The second kappa shape index (κ2) is 10.6. The highest BCUT2D eigenvalue weighted by Crippen LogP contribution is 2.26. The molecule has 23 heavy (non-hydrogen) atoms. The molecule has 0 bridgehead atoms. The van der Waals surface area contributed by atoms with E-state index in [-0.39, 0.29) is 5.91 Å². The molecule has 1 N–H and O–H groups in total. The Bertz CT molecular complexity index is 531. The lowest BCUT2D eigenvalue weighted by molar-refractivity contribution is 0.0973. The van der Waals surface area contributed by atoms with Gasteiger partial charge in [-0.1, -0.05) is 20.8 Å². The van der Waals surface area contributed by atoms with Gasteiger partial charge in [-0.2, -0.15) is 0 Å². The molecular formula is C17H25BrN2O2S. The van der Waals surface area contributed by atoms with Crippen LogP contribution in [0, 0.1) is 0 Å². The smallest absolute Gasteiger partial charge is 0.257 e. The summed E-state index contributed by atoms with van der Waals surface area (Å²) in [5, 5.41) is 3.30. The van der Waals surface area contributed by atoms with E-state index in [9.17, 15) is 4.79 Å². The van der Waals surface area contributed by atoms with Gasteiger partial charge < -0.3 is 9.64 Å². The van der Waals surface area contributed by atoms with Gasteiger partial charge in [0.15, 0.2) is 5.11 Å². The van der Waals surface area contributed by atoms with Crippen molar-refractivity contribution in [3.63, 3.8) is 0 Å². The van der Waals surface area contributed by atoms with Gasteiger partial charge in [0.25, 0.3) is 5.91 Å². The van der Waals surface area contributed by atoms with Crippen molar-refractivity contribution in [2.75, 3.05) is 19.7 Å². The molecule has 1 aromatic rings. The summed E-state index contributed by atoms with van der Waals surface area (Å²) >= 11 is 8.80. The first kappa shape index (κ1) is 19.9. The van der Waals surface area contributed by atoms with Crippen LogP contribution in [-0.2, 0) is 0 Å². The number of carbonyl (C=O) groups excluding carboxylic acids is 1. The highest BCUT2D eigenvalue weighted by molar-refractivity contribution is 9.10. The Labute approximate surface area is 152 Å². The van der Waals surface area contributed by atoms with Crippen LogP contribution in [0.15, 0.2) is 22.7 Å². The van der Waals surface area contributed by atoms with Gasteiger partial charge in [-0.15, -0.1) is 0 Å². The number of amides is 1. The molecule has 0 saturated heterocycles. The first-order chi connectivity index (χ1) is 11.0. The summed E-state index contributed by atoms with van der Waals surface area (Å²) in [7, 11) is 0. The van der Waals surface area contributed by atoms with Gasteiger partial charge in [0, 0.05) is 18.7 Å². The predicted octanol–water partition coefficient (Wildman–Crippen LogP) is 4.37. The molecule has 1 rings (SSSR count). The molecule has 0 fully saturated rings. The minimum Gasteiger partial charge on any atom is -0.492 e. The lowest BCUT2D eigenvalue weighted by Crippen LogP contribution is -2.43. The first-order valence-electron chi connectivity index (χ1n) is 8.06. The lowest BCUT2D eigenvalue weighted by Gasteiger charge is -2.24. The van der Waals surface area contributed by atoms with Crippen LogP contribution in [0.25, 0.3) is 0 Å². The molecule has 0 aliphatic rings. The third kappa shape index (κ3) is 6.47. The van der Waals surface area contributed by atoms with Crippen molar-refractivity contribution < 1.29 is 9.53 Å². The Balaban J connectivity index is 2.73. The van der Waals surface area contributed by atoms with E-state index in [2.05, 4.69) is 42.0 Å². The topological polar surface area (TPSA) is 41.6 Å². The molecule has 128 valence electrons. The summed E-state index contributed by atoms with van der Waals surface area (Å²) < 4.78 is 6.36. The van der Waals surface area contributed by atoms with Crippen LogP contribution in [0.5, 0.6) is 5.75 Å². The van der Waals surface area contributed by atoms with Crippen LogP contribution < -0.4 is 10.1 Å². The van der Waals surface area contributed by atoms with Gasteiger partial charge in [-0.3, -0.25) is 10.1 Å². The Morgan fingerprint density at radius 3 is 2.39 bits per heavy atom. The zero-order valence-electron chi connectivity index (χ0n) is 14.0. The molecule has 1 amide bonds. The average Bonchev–Trinajstić information content (AvgIpc) is 2.53. The number of halogens is 1. The van der Waals surface area contributed by atoms with Gasteiger partial charge in [-0.25, -0.2) is 0 Å². The second-order valence-corrected chi connectivity index (χ2v) is 6.48. The molecule has 4 nitrogen and oxygen atoms in total. The monoisotopic (exact) mass is 400 g/mol. The van der Waals surface area contributed by atoms with Crippen LogP contribution >= 0.6 is 28.1 Å². The second-order valence-electron chi connectivity index (χ2n) is 5.24. The van der Waals surface area contributed by atoms with Crippen molar-refractivity contribution in [2.45, 2.75) is 40.0 Å². The molecule has 0 aliphatic carbocycles. The zero-order chi connectivity index (χ0) is 17.2. The van der Waals surface area contributed by atoms with E-state index in [0.29, 0.717) is 17.3 Å². The van der Waals surface area contributed by atoms with Crippen molar-refractivity contribution in [3.05, 3.63) is 28.2 Å². The number of rotatable bonds is 8. The van der Waals surface area contributed by atoms with Crippen molar-refractivity contribution in [3.8, 4) is 5.75 Å². The molecule has 0 aliphatic heterocycles. The van der Waals surface area contributed by atoms with Crippen LogP contribution in [0.2, 0.25) is 0 Å². The first-order valence-corrected chi connectivity index (χ1v) is 9.26. The number of hydrogen-bond acceptors (Lipinski definition) is 3. The summed E-state index contributed by atoms with van der Waals surface area (Å²) in [6.07, 6.45) is 2.92. The Kier molecular flexibility index (Phi) is 9.17. The minimum absolute atomic E-state index is 0.199. The summed E-state index contributed by atoms with van der Waals surface area (Å²) in [4.78, 5) is 14.4. The van der Waals surface area contributed by atoms with Gasteiger partial charge in [0.1, 0.15) is 5.75 Å². The average molecular weight is 401 g/mol. The number of thiocarbonyl (C=S) groups is 1. The number of ether oxygens (including phenoxy) is 1. The van der Waals surface area contributed by atoms with Crippen molar-refractivity contribution in [1.82, 2.24) is 10.2 Å². The highest BCUT2D eigenvalue weighted by atomic mass is 79.9. The lowest BCUT2D eigenvalue weighted by atomic mass is 10.2. The number of benzene rings is 1. The maximum atomic E-state index is 12.4. The minimum atomic E-state index is -0.199. The molecule has 0 spiro atoms. The fourth-order valence-corrected chi connectivity index (χ4v) is 2.84. The number of hydrogen-bond donors (Lipinski definition) is 1.